The van der Waals surface area contributed by atoms with Gasteiger partial charge in [-0.15, -0.1) is 0 Å². The van der Waals surface area contributed by atoms with Gasteiger partial charge in [0.1, 0.15) is 0 Å². The first-order chi connectivity index (χ1) is 15.9. The molecule has 2 nitrogen and oxygen atoms in total. The normalized spacial score (nSPS) is 16.4. The van der Waals surface area contributed by atoms with E-state index >= 15 is 0 Å². The second kappa shape index (κ2) is 10.2. The molecule has 0 aromatic heterocycles. The van der Waals surface area contributed by atoms with Crippen LogP contribution in [0, 0.1) is 0 Å². The number of allylic oxidation sites excluding steroid dienone is 1. The zero-order valence-electron chi connectivity index (χ0n) is 20.5. The summed E-state index contributed by atoms with van der Waals surface area (Å²) in [6, 6.07) is 28.7. The summed E-state index contributed by atoms with van der Waals surface area (Å²) in [4.78, 5) is 0. The summed E-state index contributed by atoms with van der Waals surface area (Å²) in [5, 5.41) is 7.20. The van der Waals surface area contributed by atoms with Crippen LogP contribution in [0.2, 0.25) is 0 Å². The van der Waals surface area contributed by atoms with E-state index in [-0.39, 0.29) is 11.5 Å². The summed E-state index contributed by atoms with van der Waals surface area (Å²) in [6.45, 7) is 9.02. The lowest BCUT2D eigenvalue weighted by Crippen LogP contribution is -2.19. The maximum absolute atomic E-state index is 5.02. The molecule has 3 aromatic carbocycles. The molecule has 33 heavy (non-hydrogen) atoms. The minimum atomic E-state index is 0.157. The summed E-state index contributed by atoms with van der Waals surface area (Å²) < 4.78 is 0. The average molecular weight is 437 g/mol. The molecule has 0 bridgehead atoms. The van der Waals surface area contributed by atoms with Gasteiger partial charge < -0.3 is 0 Å². The van der Waals surface area contributed by atoms with Gasteiger partial charge in [0, 0.05) is 6.42 Å². The molecular weight excluding hydrogens is 400 g/mol. The Bertz CT molecular complexity index is 1080. The van der Waals surface area contributed by atoms with Gasteiger partial charge in [-0.25, -0.2) is 0 Å². The summed E-state index contributed by atoms with van der Waals surface area (Å²) in [5.41, 5.74) is 7.70. The number of hydrogen-bond donors (Lipinski definition) is 0. The van der Waals surface area contributed by atoms with Gasteiger partial charge in [-0.2, -0.15) is 5.10 Å². The first-order valence-electron chi connectivity index (χ1n) is 12.2. The molecule has 1 unspecified atom stereocenters. The molecule has 1 atom stereocenters. The van der Waals surface area contributed by atoms with Gasteiger partial charge in [0.2, 0.25) is 0 Å². The SMILES string of the molecule is CCCCc1ccc(C=CC2=NN(c3ccccc3)C(c3ccc(C(C)(C)C)cc3)C2)cc1. The minimum absolute atomic E-state index is 0.157. The Balaban J connectivity index is 1.55. The molecule has 0 saturated heterocycles. The van der Waals surface area contributed by atoms with Crippen molar-refractivity contribution in [2.75, 3.05) is 5.01 Å². The second-order valence-electron chi connectivity index (χ2n) is 10.0. The number of para-hydroxylation sites is 1. The fourth-order valence-electron chi connectivity index (χ4n) is 4.29. The molecule has 0 radical (unpaired) electrons. The van der Waals surface area contributed by atoms with Crippen LogP contribution in [0.4, 0.5) is 5.69 Å². The standard InChI is InChI=1S/C31H36N2/c1-5-6-10-24-13-15-25(16-14-24)17-22-28-23-30(33(32-28)29-11-8-7-9-12-29)26-18-20-27(21-19-26)31(2,3)4/h7-9,11-22,30H,5-6,10,23H2,1-4H3. The van der Waals surface area contributed by atoms with Crippen LogP contribution in [0.5, 0.6) is 0 Å². The van der Waals surface area contributed by atoms with Gasteiger partial charge in [0.15, 0.2) is 0 Å². The molecule has 2 heteroatoms. The van der Waals surface area contributed by atoms with E-state index in [1.165, 1.54) is 35.1 Å². The van der Waals surface area contributed by atoms with Crippen molar-refractivity contribution in [3.63, 3.8) is 0 Å². The van der Waals surface area contributed by atoms with Gasteiger partial charge in [-0.1, -0.05) is 107 Å². The van der Waals surface area contributed by atoms with Crippen molar-refractivity contribution in [1.29, 1.82) is 0 Å². The molecule has 0 saturated carbocycles. The first-order valence-corrected chi connectivity index (χ1v) is 12.2. The highest BCUT2D eigenvalue weighted by atomic mass is 15.5. The Kier molecular flexibility index (Phi) is 7.13. The van der Waals surface area contributed by atoms with E-state index in [0.717, 1.165) is 24.2 Å². The maximum atomic E-state index is 5.02. The highest BCUT2D eigenvalue weighted by Gasteiger charge is 2.28. The van der Waals surface area contributed by atoms with Crippen LogP contribution in [-0.4, -0.2) is 5.71 Å². The van der Waals surface area contributed by atoms with E-state index in [2.05, 4.69) is 124 Å². The predicted octanol–water partition coefficient (Wildman–Crippen LogP) is 8.35. The lowest BCUT2D eigenvalue weighted by atomic mass is 9.86. The number of anilines is 1. The van der Waals surface area contributed by atoms with Gasteiger partial charge in [0.05, 0.1) is 17.4 Å². The minimum Gasteiger partial charge on any atom is -0.257 e. The van der Waals surface area contributed by atoms with E-state index < -0.39 is 0 Å². The predicted molar refractivity (Wildman–Crippen MR) is 143 cm³/mol. The zero-order valence-corrected chi connectivity index (χ0v) is 20.5. The summed E-state index contributed by atoms with van der Waals surface area (Å²) in [6.07, 6.45) is 8.92. The fourth-order valence-corrected chi connectivity index (χ4v) is 4.29. The van der Waals surface area contributed by atoms with Crippen LogP contribution in [0.3, 0.4) is 0 Å². The second-order valence-corrected chi connectivity index (χ2v) is 10.0. The van der Waals surface area contributed by atoms with Gasteiger partial charge in [-0.05, 0) is 58.7 Å². The van der Waals surface area contributed by atoms with Crippen molar-refractivity contribution in [2.45, 2.75) is 64.8 Å². The van der Waals surface area contributed by atoms with Gasteiger partial charge in [-0.3, -0.25) is 5.01 Å². The van der Waals surface area contributed by atoms with Crippen LogP contribution in [0.1, 0.15) is 75.3 Å². The number of nitrogens with zero attached hydrogens (tertiary/aromatic N) is 2. The molecule has 170 valence electrons. The molecule has 1 aliphatic heterocycles. The lowest BCUT2D eigenvalue weighted by molar-refractivity contribution is 0.589. The summed E-state index contributed by atoms with van der Waals surface area (Å²) in [5.74, 6) is 0. The molecule has 0 fully saturated rings. The molecule has 1 heterocycles. The molecule has 0 spiro atoms. The Labute approximate surface area is 199 Å². The zero-order chi connectivity index (χ0) is 23.3. The van der Waals surface area contributed by atoms with Crippen LogP contribution < -0.4 is 5.01 Å². The third-order valence-electron chi connectivity index (χ3n) is 6.38. The van der Waals surface area contributed by atoms with Crippen molar-refractivity contribution in [2.24, 2.45) is 5.10 Å². The smallest absolute Gasteiger partial charge is 0.0831 e. The topological polar surface area (TPSA) is 15.6 Å². The number of aryl methyl sites for hydroxylation is 1. The van der Waals surface area contributed by atoms with Crippen LogP contribution in [0.15, 0.2) is 90.0 Å². The molecule has 3 aromatic rings. The molecule has 0 aliphatic carbocycles. The molecule has 4 rings (SSSR count). The van der Waals surface area contributed by atoms with E-state index in [1.54, 1.807) is 0 Å². The van der Waals surface area contributed by atoms with Crippen LogP contribution in [0.25, 0.3) is 6.08 Å². The number of hydrogen-bond acceptors (Lipinski definition) is 2. The third kappa shape index (κ3) is 5.82. The Hall–Kier alpha value is -3.13. The number of hydrazone groups is 1. The Morgan fingerprint density at radius 2 is 1.58 bits per heavy atom. The fraction of sp³-hybridized carbons (Fsp3) is 0.323. The quantitative estimate of drug-likeness (QED) is 0.363. The van der Waals surface area contributed by atoms with Crippen molar-refractivity contribution in [1.82, 2.24) is 0 Å². The molecule has 0 N–H and O–H groups in total. The van der Waals surface area contributed by atoms with Crippen LogP contribution in [-0.2, 0) is 11.8 Å². The highest BCUT2D eigenvalue weighted by molar-refractivity contribution is 6.01. The van der Waals surface area contributed by atoms with Crippen molar-refractivity contribution >= 4 is 17.5 Å². The van der Waals surface area contributed by atoms with E-state index in [4.69, 9.17) is 5.10 Å². The highest BCUT2D eigenvalue weighted by Crippen LogP contribution is 2.36. The van der Waals surface area contributed by atoms with Crippen molar-refractivity contribution < 1.29 is 0 Å². The Morgan fingerprint density at radius 1 is 0.879 bits per heavy atom. The van der Waals surface area contributed by atoms with Crippen LogP contribution >= 0.6 is 0 Å². The number of unbranched alkanes of at least 4 members (excludes halogenated alkanes) is 1. The van der Waals surface area contributed by atoms with E-state index in [1.807, 2.05) is 0 Å². The number of benzene rings is 3. The molecule has 1 aliphatic rings. The average Bonchev–Trinajstić information content (AvgIpc) is 3.26. The van der Waals surface area contributed by atoms with E-state index in [9.17, 15) is 0 Å². The van der Waals surface area contributed by atoms with Gasteiger partial charge in [0.25, 0.3) is 0 Å². The molecular formula is C31H36N2. The van der Waals surface area contributed by atoms with E-state index in [0.29, 0.717) is 0 Å². The lowest BCUT2D eigenvalue weighted by Gasteiger charge is -2.25. The monoisotopic (exact) mass is 436 g/mol. The first kappa shape index (κ1) is 23.0. The van der Waals surface area contributed by atoms with Crippen molar-refractivity contribution in [3.8, 4) is 0 Å². The van der Waals surface area contributed by atoms with Gasteiger partial charge >= 0.3 is 0 Å². The third-order valence-corrected chi connectivity index (χ3v) is 6.38. The number of rotatable bonds is 7. The largest absolute Gasteiger partial charge is 0.257 e. The maximum Gasteiger partial charge on any atom is 0.0831 e. The Morgan fingerprint density at radius 3 is 2.21 bits per heavy atom. The summed E-state index contributed by atoms with van der Waals surface area (Å²) in [7, 11) is 0. The summed E-state index contributed by atoms with van der Waals surface area (Å²) >= 11 is 0. The van der Waals surface area contributed by atoms with Crippen molar-refractivity contribution in [3.05, 3.63) is 107 Å². The molecule has 0 amide bonds.